The lowest BCUT2D eigenvalue weighted by Gasteiger charge is -2.30. The van der Waals surface area contributed by atoms with E-state index in [-0.39, 0.29) is 30.8 Å². The summed E-state index contributed by atoms with van der Waals surface area (Å²) in [6.45, 7) is 0.576. The lowest BCUT2D eigenvalue weighted by molar-refractivity contribution is -0.117. The van der Waals surface area contributed by atoms with Gasteiger partial charge in [0.1, 0.15) is 5.75 Å². The van der Waals surface area contributed by atoms with Gasteiger partial charge in [0.2, 0.25) is 5.91 Å². The van der Waals surface area contributed by atoms with Gasteiger partial charge in [-0.3, -0.25) is 9.59 Å². The SMILES string of the molecule is COc1ccc(C(=O)NCC(=O)N2CCCc3c(N)cccc32)cc1.Cl. The van der Waals surface area contributed by atoms with Crippen molar-refractivity contribution in [1.82, 2.24) is 5.32 Å². The Morgan fingerprint density at radius 2 is 1.92 bits per heavy atom. The van der Waals surface area contributed by atoms with Crippen LogP contribution in [0.4, 0.5) is 11.4 Å². The van der Waals surface area contributed by atoms with Gasteiger partial charge in [-0.05, 0) is 54.8 Å². The summed E-state index contributed by atoms with van der Waals surface area (Å²) >= 11 is 0. The maximum absolute atomic E-state index is 12.6. The number of carbonyl (C=O) groups excluding carboxylic acids is 2. The summed E-state index contributed by atoms with van der Waals surface area (Å²) in [5.74, 6) is 0.240. The summed E-state index contributed by atoms with van der Waals surface area (Å²) in [6.07, 6.45) is 1.73. The second-order valence-corrected chi connectivity index (χ2v) is 5.91. The Bertz CT molecular complexity index is 793. The standard InChI is InChI=1S/C19H21N3O3.ClH/c1-25-14-9-7-13(8-10-14)19(24)21-12-18(23)22-11-3-4-15-16(20)5-2-6-17(15)22;/h2,5-10H,3-4,11-12,20H2,1H3,(H,21,24);1H. The highest BCUT2D eigenvalue weighted by Crippen LogP contribution is 2.31. The molecule has 3 rings (SSSR count). The molecule has 3 N–H and O–H groups in total. The Labute approximate surface area is 158 Å². The van der Waals surface area contributed by atoms with Gasteiger partial charge in [0, 0.05) is 23.5 Å². The van der Waals surface area contributed by atoms with E-state index >= 15 is 0 Å². The highest BCUT2D eigenvalue weighted by atomic mass is 35.5. The molecule has 1 aliphatic rings. The molecule has 7 heteroatoms. The molecule has 0 aliphatic carbocycles. The van der Waals surface area contributed by atoms with Gasteiger partial charge in [-0.1, -0.05) is 6.07 Å². The Kier molecular flexibility index (Phi) is 6.46. The van der Waals surface area contributed by atoms with Crippen molar-refractivity contribution in [3.8, 4) is 5.75 Å². The Balaban J connectivity index is 0.00000243. The summed E-state index contributed by atoms with van der Waals surface area (Å²) in [7, 11) is 1.57. The Morgan fingerprint density at radius 1 is 1.19 bits per heavy atom. The van der Waals surface area contributed by atoms with Crippen LogP contribution in [0.5, 0.6) is 5.75 Å². The summed E-state index contributed by atoms with van der Waals surface area (Å²) in [5, 5.41) is 2.68. The van der Waals surface area contributed by atoms with Crippen molar-refractivity contribution in [3.05, 3.63) is 53.6 Å². The van der Waals surface area contributed by atoms with Gasteiger partial charge < -0.3 is 20.7 Å². The maximum Gasteiger partial charge on any atom is 0.251 e. The van der Waals surface area contributed by atoms with Crippen LogP contribution in [0.1, 0.15) is 22.3 Å². The van der Waals surface area contributed by atoms with Crippen LogP contribution in [-0.4, -0.2) is 32.0 Å². The quantitative estimate of drug-likeness (QED) is 0.804. The van der Waals surface area contributed by atoms with Gasteiger partial charge in [0.05, 0.1) is 13.7 Å². The zero-order valence-corrected chi connectivity index (χ0v) is 15.3. The van der Waals surface area contributed by atoms with Crippen LogP contribution in [0.25, 0.3) is 0 Å². The van der Waals surface area contributed by atoms with Crippen LogP contribution in [-0.2, 0) is 11.2 Å². The monoisotopic (exact) mass is 375 g/mol. The van der Waals surface area contributed by atoms with E-state index in [2.05, 4.69) is 5.32 Å². The molecular formula is C19H22ClN3O3. The molecule has 6 nitrogen and oxygen atoms in total. The molecule has 0 fully saturated rings. The van der Waals surface area contributed by atoms with Crippen molar-refractivity contribution in [2.75, 3.05) is 30.8 Å². The van der Waals surface area contributed by atoms with E-state index in [1.165, 1.54) is 0 Å². The van der Waals surface area contributed by atoms with Crippen LogP contribution in [0.15, 0.2) is 42.5 Å². The summed E-state index contributed by atoms with van der Waals surface area (Å²) in [5.41, 5.74) is 9.04. The highest BCUT2D eigenvalue weighted by molar-refractivity contribution is 6.01. The second kappa shape index (κ2) is 8.58. The topological polar surface area (TPSA) is 84.7 Å². The molecule has 1 heterocycles. The van der Waals surface area contributed by atoms with Crippen LogP contribution in [0, 0.1) is 0 Å². The zero-order valence-electron chi connectivity index (χ0n) is 14.5. The average Bonchev–Trinajstić information content (AvgIpc) is 2.66. The van der Waals surface area contributed by atoms with Gasteiger partial charge in [0.15, 0.2) is 0 Å². The van der Waals surface area contributed by atoms with E-state index in [9.17, 15) is 9.59 Å². The molecule has 0 saturated heterocycles. The molecule has 138 valence electrons. The third-order valence-corrected chi connectivity index (χ3v) is 4.34. The molecule has 0 atom stereocenters. The van der Waals surface area contributed by atoms with Gasteiger partial charge in [-0.15, -0.1) is 12.4 Å². The first-order valence-corrected chi connectivity index (χ1v) is 8.20. The van der Waals surface area contributed by atoms with E-state index in [0.29, 0.717) is 23.5 Å². The molecule has 2 amide bonds. The minimum Gasteiger partial charge on any atom is -0.497 e. The first-order chi connectivity index (χ1) is 12.1. The number of nitrogens with two attached hydrogens (primary N) is 1. The number of halogens is 1. The number of methoxy groups -OCH3 is 1. The number of nitrogens with zero attached hydrogens (tertiary/aromatic N) is 1. The minimum absolute atomic E-state index is 0. The van der Waals surface area contributed by atoms with E-state index in [1.54, 1.807) is 36.3 Å². The highest BCUT2D eigenvalue weighted by Gasteiger charge is 2.23. The van der Waals surface area contributed by atoms with Crippen molar-refractivity contribution < 1.29 is 14.3 Å². The fraction of sp³-hybridized carbons (Fsp3) is 0.263. The molecule has 0 radical (unpaired) electrons. The first-order valence-electron chi connectivity index (χ1n) is 8.20. The van der Waals surface area contributed by atoms with Gasteiger partial charge in [0.25, 0.3) is 5.91 Å². The van der Waals surface area contributed by atoms with Gasteiger partial charge in [-0.25, -0.2) is 0 Å². The average molecular weight is 376 g/mol. The maximum atomic E-state index is 12.6. The molecule has 2 aromatic rings. The number of nitrogens with one attached hydrogen (secondary N) is 1. The van der Waals surface area contributed by atoms with E-state index in [0.717, 1.165) is 24.1 Å². The summed E-state index contributed by atoms with van der Waals surface area (Å²) < 4.78 is 5.07. The van der Waals surface area contributed by atoms with Gasteiger partial charge >= 0.3 is 0 Å². The predicted molar refractivity (Wildman–Crippen MR) is 104 cm³/mol. The molecule has 26 heavy (non-hydrogen) atoms. The third kappa shape index (κ3) is 4.08. The van der Waals surface area contributed by atoms with Crippen molar-refractivity contribution >= 4 is 35.6 Å². The van der Waals surface area contributed by atoms with Crippen LogP contribution in [0.3, 0.4) is 0 Å². The normalized spacial score (nSPS) is 12.6. The number of fused-ring (bicyclic) bond motifs is 1. The summed E-state index contributed by atoms with van der Waals surface area (Å²) in [4.78, 5) is 26.4. The van der Waals surface area contributed by atoms with Crippen LogP contribution < -0.4 is 20.7 Å². The van der Waals surface area contributed by atoms with E-state index in [4.69, 9.17) is 10.5 Å². The van der Waals surface area contributed by atoms with Crippen molar-refractivity contribution in [2.24, 2.45) is 0 Å². The number of anilines is 2. The fourth-order valence-corrected chi connectivity index (χ4v) is 3.01. The van der Waals surface area contributed by atoms with Gasteiger partial charge in [-0.2, -0.15) is 0 Å². The Morgan fingerprint density at radius 3 is 2.62 bits per heavy atom. The smallest absolute Gasteiger partial charge is 0.251 e. The molecule has 0 aromatic heterocycles. The number of carbonyl (C=O) groups is 2. The van der Waals surface area contributed by atoms with Crippen molar-refractivity contribution in [1.29, 1.82) is 0 Å². The first kappa shape index (κ1) is 19.6. The number of benzene rings is 2. The number of nitrogen functional groups attached to an aromatic ring is 1. The predicted octanol–water partition coefficient (Wildman–Crippen LogP) is 2.41. The molecular weight excluding hydrogens is 354 g/mol. The zero-order chi connectivity index (χ0) is 17.8. The lowest BCUT2D eigenvalue weighted by Crippen LogP contribution is -2.42. The number of ether oxygens (including phenoxy) is 1. The van der Waals surface area contributed by atoms with Crippen LogP contribution in [0.2, 0.25) is 0 Å². The van der Waals surface area contributed by atoms with Crippen molar-refractivity contribution in [3.63, 3.8) is 0 Å². The molecule has 2 aromatic carbocycles. The molecule has 0 unspecified atom stereocenters. The number of hydrogen-bond acceptors (Lipinski definition) is 4. The molecule has 0 bridgehead atoms. The Hall–Kier alpha value is -2.73. The largest absolute Gasteiger partial charge is 0.497 e. The summed E-state index contributed by atoms with van der Waals surface area (Å²) in [6, 6.07) is 12.3. The molecule has 0 spiro atoms. The third-order valence-electron chi connectivity index (χ3n) is 4.34. The fourth-order valence-electron chi connectivity index (χ4n) is 3.01. The van der Waals surface area contributed by atoms with E-state index < -0.39 is 0 Å². The minimum atomic E-state index is -0.291. The molecule has 1 aliphatic heterocycles. The lowest BCUT2D eigenvalue weighted by atomic mass is 10.00. The number of amides is 2. The number of hydrogen-bond donors (Lipinski definition) is 2. The second-order valence-electron chi connectivity index (χ2n) is 5.91. The van der Waals surface area contributed by atoms with Crippen LogP contribution >= 0.6 is 12.4 Å². The molecule has 0 saturated carbocycles. The van der Waals surface area contributed by atoms with Crippen molar-refractivity contribution in [2.45, 2.75) is 12.8 Å². The van der Waals surface area contributed by atoms with E-state index in [1.807, 2.05) is 18.2 Å². The number of rotatable bonds is 4.